The van der Waals surface area contributed by atoms with Crippen molar-refractivity contribution in [1.29, 1.82) is 0 Å². The lowest BCUT2D eigenvalue weighted by Crippen LogP contribution is -2.15. The van der Waals surface area contributed by atoms with E-state index >= 15 is 0 Å². The van der Waals surface area contributed by atoms with Gasteiger partial charge in [0.05, 0.1) is 6.21 Å². The Bertz CT molecular complexity index is 637. The molecule has 0 atom stereocenters. The second-order valence-corrected chi connectivity index (χ2v) is 3.50. The predicted octanol–water partition coefficient (Wildman–Crippen LogP) is 1.06. The summed E-state index contributed by atoms with van der Waals surface area (Å²) >= 11 is 0. The van der Waals surface area contributed by atoms with Crippen LogP contribution < -0.4 is 11.1 Å². The molecule has 0 amide bonds. The first kappa shape index (κ1) is 11.9. The molecule has 0 unspecified atom stereocenters. The number of nitrogens with zero attached hydrogens (tertiary/aromatic N) is 3. The average Bonchev–Trinajstić information content (AvgIpc) is 2.34. The van der Waals surface area contributed by atoms with Crippen molar-refractivity contribution in [3.05, 3.63) is 51.8 Å². The highest BCUT2D eigenvalue weighted by atomic mass is 19.1. The second kappa shape index (κ2) is 5.17. The summed E-state index contributed by atoms with van der Waals surface area (Å²) in [5.74, 6) is -0.0857. The first-order chi connectivity index (χ1) is 8.65. The zero-order valence-electron chi connectivity index (χ0n) is 9.51. The third-order valence-electron chi connectivity index (χ3n) is 2.11. The number of anilines is 1. The van der Waals surface area contributed by atoms with E-state index in [9.17, 15) is 9.18 Å². The lowest BCUT2D eigenvalue weighted by Gasteiger charge is -2.00. The quantitative estimate of drug-likeness (QED) is 0.627. The molecule has 0 spiro atoms. The number of halogens is 1. The minimum absolute atomic E-state index is 0.256. The van der Waals surface area contributed by atoms with Crippen LogP contribution in [0.4, 0.5) is 10.2 Å². The Balaban J connectivity index is 2.12. The van der Waals surface area contributed by atoms with Gasteiger partial charge >= 0.3 is 5.69 Å². The highest BCUT2D eigenvalue weighted by Crippen LogP contribution is 2.04. The van der Waals surface area contributed by atoms with Gasteiger partial charge in [-0.1, -0.05) is 12.1 Å². The van der Waals surface area contributed by atoms with Crippen molar-refractivity contribution >= 4 is 12.0 Å². The third-order valence-corrected chi connectivity index (χ3v) is 2.11. The molecule has 6 nitrogen and oxygen atoms in total. The number of H-pyrrole nitrogens is 1. The summed E-state index contributed by atoms with van der Waals surface area (Å²) in [5.41, 5.74) is 3.11. The molecule has 2 rings (SSSR count). The molecule has 7 heteroatoms. The molecule has 0 aliphatic carbocycles. The number of hydrogen-bond donors (Lipinski definition) is 2. The normalized spacial score (nSPS) is 10.8. The molecule has 2 aromatic rings. The Kier molecular flexibility index (Phi) is 3.42. The molecule has 1 heterocycles. The van der Waals surface area contributed by atoms with E-state index in [1.54, 1.807) is 19.1 Å². The predicted molar refractivity (Wildman–Crippen MR) is 65.0 cm³/mol. The second-order valence-electron chi connectivity index (χ2n) is 3.50. The lowest BCUT2D eigenvalue weighted by molar-refractivity contribution is 0.627. The van der Waals surface area contributed by atoms with Crippen molar-refractivity contribution in [3.63, 3.8) is 0 Å². The zero-order valence-corrected chi connectivity index (χ0v) is 9.51. The van der Waals surface area contributed by atoms with Gasteiger partial charge in [-0.25, -0.2) is 14.3 Å². The molecule has 1 aromatic heterocycles. The van der Waals surface area contributed by atoms with Crippen LogP contribution in [0.25, 0.3) is 0 Å². The Morgan fingerprint density at radius 3 is 3.11 bits per heavy atom. The minimum atomic E-state index is -0.566. The van der Waals surface area contributed by atoms with Crippen LogP contribution in [0.5, 0.6) is 0 Å². The fourth-order valence-electron chi connectivity index (χ4n) is 1.25. The lowest BCUT2D eigenvalue weighted by atomic mass is 10.2. The first-order valence-electron chi connectivity index (χ1n) is 5.13. The highest BCUT2D eigenvalue weighted by molar-refractivity contribution is 5.80. The summed E-state index contributed by atoms with van der Waals surface area (Å²) in [6.45, 7) is 1.67. The molecule has 0 saturated heterocycles. The number of benzene rings is 1. The number of aromatic nitrogens is 3. The molecule has 92 valence electrons. The highest BCUT2D eigenvalue weighted by Gasteiger charge is 2.00. The van der Waals surface area contributed by atoms with Crippen LogP contribution >= 0.6 is 0 Å². The molecule has 0 radical (unpaired) electrons. The van der Waals surface area contributed by atoms with Crippen LogP contribution in [0.3, 0.4) is 0 Å². The van der Waals surface area contributed by atoms with Crippen LogP contribution in [-0.2, 0) is 0 Å². The summed E-state index contributed by atoms with van der Waals surface area (Å²) in [6.07, 6.45) is 1.42. The van der Waals surface area contributed by atoms with E-state index in [4.69, 9.17) is 0 Å². The van der Waals surface area contributed by atoms with Crippen LogP contribution in [0.1, 0.15) is 11.3 Å². The number of hydrogen-bond acceptors (Lipinski definition) is 5. The van der Waals surface area contributed by atoms with E-state index in [-0.39, 0.29) is 11.6 Å². The van der Waals surface area contributed by atoms with Gasteiger partial charge in [0.25, 0.3) is 0 Å². The number of nitrogens with one attached hydrogen (secondary N) is 2. The molecule has 2 N–H and O–H groups in total. The van der Waals surface area contributed by atoms with Crippen molar-refractivity contribution in [1.82, 2.24) is 15.2 Å². The first-order valence-corrected chi connectivity index (χ1v) is 5.13. The summed E-state index contributed by atoms with van der Waals surface area (Å²) in [5, 5.41) is 9.78. The summed E-state index contributed by atoms with van der Waals surface area (Å²) in [7, 11) is 0. The van der Waals surface area contributed by atoms with Crippen LogP contribution in [-0.4, -0.2) is 21.4 Å². The van der Waals surface area contributed by atoms with Crippen LogP contribution in [0, 0.1) is 12.7 Å². The topological polar surface area (TPSA) is 83.0 Å². The Hall–Kier alpha value is -2.57. The minimum Gasteiger partial charge on any atom is -0.260 e. The Morgan fingerprint density at radius 2 is 2.33 bits per heavy atom. The van der Waals surface area contributed by atoms with E-state index in [1.165, 1.54) is 18.3 Å². The maximum Gasteiger partial charge on any atom is 0.363 e. The van der Waals surface area contributed by atoms with Gasteiger partial charge in [-0.3, -0.25) is 5.43 Å². The number of rotatable bonds is 3. The van der Waals surface area contributed by atoms with Crippen molar-refractivity contribution in [2.75, 3.05) is 5.43 Å². The van der Waals surface area contributed by atoms with Gasteiger partial charge in [-0.15, -0.1) is 0 Å². The maximum absolute atomic E-state index is 12.9. The standard InChI is InChI=1S/C11H10FN5O/c1-7-10(14-11(18)17-15-7)16-13-6-8-3-2-4-9(12)5-8/h2-6H,1H3,(H2,14,16,17,18)/b13-6+. The smallest absolute Gasteiger partial charge is 0.260 e. The van der Waals surface area contributed by atoms with Gasteiger partial charge in [-0.2, -0.15) is 15.2 Å². The van der Waals surface area contributed by atoms with Crippen LogP contribution in [0.15, 0.2) is 34.2 Å². The summed E-state index contributed by atoms with van der Waals surface area (Å²) in [4.78, 5) is 14.6. The molecule has 0 saturated carbocycles. The fraction of sp³-hybridized carbons (Fsp3) is 0.0909. The SMILES string of the molecule is Cc1n[nH]c(=O)nc1N/N=C/c1cccc(F)c1. The van der Waals surface area contributed by atoms with Crippen molar-refractivity contribution in [2.24, 2.45) is 5.10 Å². The fourth-order valence-corrected chi connectivity index (χ4v) is 1.25. The molecule has 18 heavy (non-hydrogen) atoms. The zero-order chi connectivity index (χ0) is 13.0. The molecular weight excluding hydrogens is 237 g/mol. The third kappa shape index (κ3) is 2.97. The van der Waals surface area contributed by atoms with E-state index in [0.29, 0.717) is 11.3 Å². The van der Waals surface area contributed by atoms with Gasteiger partial charge in [0.2, 0.25) is 0 Å². The van der Waals surface area contributed by atoms with Crippen molar-refractivity contribution < 1.29 is 4.39 Å². The van der Waals surface area contributed by atoms with E-state index in [2.05, 4.69) is 25.7 Å². The summed E-state index contributed by atoms with van der Waals surface area (Å²) in [6, 6.07) is 5.96. The number of hydrazone groups is 1. The molecule has 1 aromatic carbocycles. The molecular formula is C11H10FN5O. The largest absolute Gasteiger partial charge is 0.363 e. The van der Waals surface area contributed by atoms with E-state index in [0.717, 1.165) is 0 Å². The molecule has 0 aliphatic rings. The van der Waals surface area contributed by atoms with Crippen molar-refractivity contribution in [2.45, 2.75) is 6.92 Å². The van der Waals surface area contributed by atoms with E-state index < -0.39 is 5.69 Å². The molecule has 0 aliphatic heterocycles. The van der Waals surface area contributed by atoms with Gasteiger partial charge < -0.3 is 0 Å². The monoisotopic (exact) mass is 247 g/mol. The Morgan fingerprint density at radius 1 is 1.50 bits per heavy atom. The van der Waals surface area contributed by atoms with Gasteiger partial charge in [0.15, 0.2) is 5.82 Å². The number of aryl methyl sites for hydroxylation is 1. The van der Waals surface area contributed by atoms with Crippen molar-refractivity contribution in [3.8, 4) is 0 Å². The van der Waals surface area contributed by atoms with Gasteiger partial charge in [0.1, 0.15) is 11.5 Å². The maximum atomic E-state index is 12.9. The van der Waals surface area contributed by atoms with Crippen LogP contribution in [0.2, 0.25) is 0 Å². The van der Waals surface area contributed by atoms with E-state index in [1.807, 2.05) is 0 Å². The number of aromatic amines is 1. The van der Waals surface area contributed by atoms with Gasteiger partial charge in [0, 0.05) is 0 Å². The Labute approximate surface area is 102 Å². The molecule has 0 bridgehead atoms. The van der Waals surface area contributed by atoms with Gasteiger partial charge in [-0.05, 0) is 24.6 Å². The molecule has 0 fully saturated rings. The average molecular weight is 247 g/mol. The summed E-state index contributed by atoms with van der Waals surface area (Å²) < 4.78 is 12.9.